The molecule has 8 heteroatoms. The molecule has 1 aromatic rings. The summed E-state index contributed by atoms with van der Waals surface area (Å²) in [5, 5.41) is 27.7. The number of benzene rings is 1. The Morgan fingerprint density at radius 2 is 1.92 bits per heavy atom. The first-order chi connectivity index (χ1) is 11.1. The van der Waals surface area contributed by atoms with Crippen molar-refractivity contribution in [2.24, 2.45) is 4.99 Å². The number of para-hydroxylation sites is 1. The molecule has 1 fully saturated rings. The van der Waals surface area contributed by atoms with Gasteiger partial charge in [0.05, 0.1) is 27.3 Å². The normalized spacial score (nSPS) is 22.9. The highest BCUT2D eigenvalue weighted by Crippen LogP contribution is 2.39. The molecule has 1 aliphatic heterocycles. The van der Waals surface area contributed by atoms with Gasteiger partial charge in [0.1, 0.15) is 0 Å². The van der Waals surface area contributed by atoms with Gasteiger partial charge < -0.3 is 15.8 Å². The van der Waals surface area contributed by atoms with Crippen molar-refractivity contribution < 1.29 is 5.21 Å². The second-order valence-electron chi connectivity index (χ2n) is 6.96. The van der Waals surface area contributed by atoms with Crippen LogP contribution in [0.4, 0.5) is 5.69 Å². The van der Waals surface area contributed by atoms with Crippen LogP contribution < -0.4 is 10.6 Å². The first kappa shape index (κ1) is 18.8. The molecular weight excluding hydrogens is 349 g/mol. The number of hydrogen-bond acceptors (Lipinski definition) is 4. The van der Waals surface area contributed by atoms with Gasteiger partial charge in [-0.3, -0.25) is 0 Å². The van der Waals surface area contributed by atoms with E-state index in [1.54, 1.807) is 24.4 Å². The molecule has 0 spiro atoms. The largest absolute Gasteiger partial charge is 0.350 e. The quantitative estimate of drug-likeness (QED) is 0.418. The molecule has 130 valence electrons. The van der Waals surface area contributed by atoms with Gasteiger partial charge in [0, 0.05) is 5.54 Å². The van der Waals surface area contributed by atoms with Gasteiger partial charge in [-0.05, 0) is 46.2 Å². The van der Waals surface area contributed by atoms with Crippen molar-refractivity contribution in [2.45, 2.75) is 51.2 Å². The van der Waals surface area contributed by atoms with Crippen molar-refractivity contribution >= 4 is 34.8 Å². The number of anilines is 1. The zero-order valence-electron chi connectivity index (χ0n) is 14.1. The molecule has 0 aliphatic carbocycles. The number of hydroxylamine groups is 2. The highest BCUT2D eigenvalue weighted by molar-refractivity contribution is 6.39. The van der Waals surface area contributed by atoms with Crippen LogP contribution in [-0.2, 0) is 0 Å². The zero-order valence-corrected chi connectivity index (χ0v) is 15.6. The van der Waals surface area contributed by atoms with Crippen LogP contribution in [0.25, 0.3) is 0 Å². The third-order valence-electron chi connectivity index (χ3n) is 4.35. The summed E-state index contributed by atoms with van der Waals surface area (Å²) < 4.78 is 0. The minimum absolute atomic E-state index is 0.140. The fraction of sp³-hybridized carbons (Fsp3) is 0.500. The van der Waals surface area contributed by atoms with Gasteiger partial charge in [0.25, 0.3) is 0 Å². The zero-order chi connectivity index (χ0) is 18.1. The van der Waals surface area contributed by atoms with Crippen molar-refractivity contribution in [3.05, 3.63) is 28.2 Å². The van der Waals surface area contributed by atoms with Crippen molar-refractivity contribution in [1.29, 1.82) is 5.26 Å². The average molecular weight is 370 g/mol. The van der Waals surface area contributed by atoms with Crippen molar-refractivity contribution in [3.63, 3.8) is 0 Å². The molecule has 0 radical (unpaired) electrons. The lowest BCUT2D eigenvalue weighted by Crippen LogP contribution is -2.54. The number of aliphatic imine (C=N–C) groups is 1. The topological polar surface area (TPSA) is 83.7 Å². The summed E-state index contributed by atoms with van der Waals surface area (Å²) in [6.07, 6.45) is 2.43. The molecule has 0 bridgehead atoms. The van der Waals surface area contributed by atoms with E-state index in [0.717, 1.165) is 0 Å². The molecule has 0 saturated carbocycles. The lowest BCUT2D eigenvalue weighted by molar-refractivity contribution is -0.193. The van der Waals surface area contributed by atoms with Gasteiger partial charge in [-0.1, -0.05) is 29.3 Å². The van der Waals surface area contributed by atoms with Crippen LogP contribution >= 0.6 is 23.2 Å². The van der Waals surface area contributed by atoms with Gasteiger partial charge in [-0.25, -0.2) is 0 Å². The molecule has 2 rings (SSSR count). The number of guanidine groups is 1. The van der Waals surface area contributed by atoms with Gasteiger partial charge >= 0.3 is 0 Å². The number of nitrogens with one attached hydrogen (secondary N) is 2. The van der Waals surface area contributed by atoms with E-state index in [0.29, 0.717) is 22.2 Å². The fourth-order valence-corrected chi connectivity index (χ4v) is 3.53. The van der Waals surface area contributed by atoms with E-state index in [9.17, 15) is 5.21 Å². The van der Waals surface area contributed by atoms with E-state index in [-0.39, 0.29) is 12.0 Å². The van der Waals surface area contributed by atoms with E-state index in [2.05, 4.69) is 15.6 Å². The van der Waals surface area contributed by atoms with E-state index in [1.807, 2.05) is 27.7 Å². The van der Waals surface area contributed by atoms with Crippen LogP contribution in [-0.4, -0.2) is 33.3 Å². The Kier molecular flexibility index (Phi) is 5.31. The molecule has 1 unspecified atom stereocenters. The Balaban J connectivity index is 2.25. The second kappa shape index (κ2) is 6.77. The Morgan fingerprint density at radius 3 is 2.38 bits per heavy atom. The van der Waals surface area contributed by atoms with Gasteiger partial charge in [0.15, 0.2) is 0 Å². The molecule has 1 saturated heterocycles. The number of rotatable bonds is 2. The molecule has 1 heterocycles. The molecule has 0 aromatic heterocycles. The maximum absolute atomic E-state index is 10.4. The molecule has 1 atom stereocenters. The Hall–Kier alpha value is -1.52. The van der Waals surface area contributed by atoms with Gasteiger partial charge in [-0.2, -0.15) is 10.3 Å². The molecule has 24 heavy (non-hydrogen) atoms. The smallest absolute Gasteiger partial charge is 0.212 e. The fourth-order valence-electron chi connectivity index (χ4n) is 3.04. The van der Waals surface area contributed by atoms with Gasteiger partial charge in [-0.15, -0.1) is 4.99 Å². The van der Waals surface area contributed by atoms with E-state index < -0.39 is 11.1 Å². The van der Waals surface area contributed by atoms with Crippen molar-refractivity contribution in [2.75, 3.05) is 5.32 Å². The Bertz CT molecular complexity index is 676. The standard InChI is InChI=1S/C16H21Cl2N5O/c1-15(2)8-12(16(3,4)23(15)24)21-14(20-9-19)22-13-10(17)6-5-7-11(13)18/h5-7,12,24H,8H2,1-4H3,(H2,20,21,22). The lowest BCUT2D eigenvalue weighted by atomic mass is 9.94. The lowest BCUT2D eigenvalue weighted by Gasteiger charge is -2.36. The second-order valence-corrected chi connectivity index (χ2v) is 7.78. The number of nitrogens with zero attached hydrogens (tertiary/aromatic N) is 3. The van der Waals surface area contributed by atoms with Crippen molar-refractivity contribution in [1.82, 2.24) is 10.4 Å². The predicted octanol–water partition coefficient (Wildman–Crippen LogP) is 3.85. The van der Waals surface area contributed by atoms with E-state index in [1.165, 1.54) is 5.06 Å². The van der Waals surface area contributed by atoms with Crippen molar-refractivity contribution in [3.8, 4) is 6.19 Å². The SMILES string of the molecule is CC1(C)CC(NC(=NC#N)Nc2c(Cl)cccc2Cl)C(C)(C)N1O. The molecule has 0 amide bonds. The molecule has 1 aliphatic rings. The van der Waals surface area contributed by atoms with E-state index in [4.69, 9.17) is 28.5 Å². The molecule has 6 nitrogen and oxygen atoms in total. The van der Waals surface area contributed by atoms with Crippen LogP contribution in [0, 0.1) is 11.5 Å². The highest BCUT2D eigenvalue weighted by atomic mass is 35.5. The molecule has 3 N–H and O–H groups in total. The Labute approximate surface area is 152 Å². The summed E-state index contributed by atoms with van der Waals surface area (Å²) in [6, 6.07) is 4.98. The third kappa shape index (κ3) is 3.60. The maximum atomic E-state index is 10.4. The summed E-state index contributed by atoms with van der Waals surface area (Å²) >= 11 is 12.3. The van der Waals surface area contributed by atoms with Gasteiger partial charge in [0.2, 0.25) is 12.2 Å². The third-order valence-corrected chi connectivity index (χ3v) is 4.98. The van der Waals surface area contributed by atoms with E-state index >= 15 is 0 Å². The van der Waals surface area contributed by atoms with Crippen LogP contribution in [0.15, 0.2) is 23.2 Å². The molecule has 1 aromatic carbocycles. The first-order valence-electron chi connectivity index (χ1n) is 7.53. The van der Waals surface area contributed by atoms with Crippen LogP contribution in [0.1, 0.15) is 34.1 Å². The number of halogens is 2. The highest BCUT2D eigenvalue weighted by Gasteiger charge is 2.51. The summed E-state index contributed by atoms with van der Waals surface area (Å²) in [4.78, 5) is 3.79. The minimum atomic E-state index is -0.550. The van der Waals surface area contributed by atoms with Crippen LogP contribution in [0.3, 0.4) is 0 Å². The summed E-state index contributed by atoms with van der Waals surface area (Å²) in [5.74, 6) is 0.233. The summed E-state index contributed by atoms with van der Waals surface area (Å²) in [5.41, 5.74) is -0.481. The average Bonchev–Trinajstić information content (AvgIpc) is 2.63. The molecular formula is C16H21Cl2N5O. The minimum Gasteiger partial charge on any atom is -0.350 e. The predicted molar refractivity (Wildman–Crippen MR) is 96.5 cm³/mol. The number of hydrogen-bond donors (Lipinski definition) is 3. The van der Waals surface area contributed by atoms with Crippen LogP contribution in [0.5, 0.6) is 0 Å². The summed E-state index contributed by atoms with van der Waals surface area (Å²) in [6.45, 7) is 7.75. The monoisotopic (exact) mass is 369 g/mol. The van der Waals surface area contributed by atoms with Crippen LogP contribution in [0.2, 0.25) is 10.0 Å². The summed E-state index contributed by atoms with van der Waals surface area (Å²) in [7, 11) is 0. The Morgan fingerprint density at radius 1 is 1.33 bits per heavy atom. The maximum Gasteiger partial charge on any atom is 0.212 e. The first-order valence-corrected chi connectivity index (χ1v) is 8.29. The number of nitriles is 1.